The van der Waals surface area contributed by atoms with Crippen LogP contribution in [-0.2, 0) is 4.79 Å². The van der Waals surface area contributed by atoms with Gasteiger partial charge in [-0.15, -0.1) is 0 Å². The van der Waals surface area contributed by atoms with Crippen LogP contribution in [0.3, 0.4) is 0 Å². The molecule has 0 fully saturated rings. The highest BCUT2D eigenvalue weighted by Crippen LogP contribution is 2.20. The molecule has 0 amide bonds. The zero-order chi connectivity index (χ0) is 13.1. The van der Waals surface area contributed by atoms with Gasteiger partial charge in [0.25, 0.3) is 6.01 Å². The molecule has 0 bridgehead atoms. The predicted molar refractivity (Wildman–Crippen MR) is 67.0 cm³/mol. The molecule has 0 saturated carbocycles. The molecule has 5 nitrogen and oxygen atoms in total. The lowest BCUT2D eigenvalue weighted by molar-refractivity contribution is -0.138. The fourth-order valence-corrected chi connectivity index (χ4v) is 1.53. The Morgan fingerprint density at radius 2 is 2.06 bits per heavy atom. The first-order valence-corrected chi connectivity index (χ1v) is 5.58. The van der Waals surface area contributed by atoms with E-state index in [1.807, 2.05) is 6.92 Å². The average Bonchev–Trinajstić information content (AvgIpc) is 2.75. The lowest BCUT2D eigenvalue weighted by Gasteiger charge is -2.07. The second kappa shape index (κ2) is 4.91. The molecule has 0 saturated heterocycles. The number of nitrogens with zero attached hydrogens (tertiary/aromatic N) is 1. The molecule has 2 aromatic rings. The monoisotopic (exact) mass is 246 g/mol. The number of aliphatic carboxylic acids is 1. The van der Waals surface area contributed by atoms with E-state index < -0.39 is 11.9 Å². The first-order chi connectivity index (χ1) is 8.56. The van der Waals surface area contributed by atoms with Gasteiger partial charge in [-0.2, -0.15) is 4.98 Å². The molecular formula is C13H14N2O3. The molecular weight excluding hydrogens is 232 g/mol. The average molecular weight is 246 g/mol. The molecule has 0 aliphatic heterocycles. The zero-order valence-electron chi connectivity index (χ0n) is 10.2. The van der Waals surface area contributed by atoms with E-state index in [2.05, 4.69) is 10.3 Å². The summed E-state index contributed by atoms with van der Waals surface area (Å²) in [6.07, 6.45) is 1.56. The summed E-state index contributed by atoms with van der Waals surface area (Å²) >= 11 is 0. The van der Waals surface area contributed by atoms with Crippen LogP contribution in [0.1, 0.15) is 24.1 Å². The number of carbonyl (C=O) groups is 1. The number of rotatable bonds is 4. The van der Waals surface area contributed by atoms with E-state index in [-0.39, 0.29) is 0 Å². The molecule has 1 aromatic carbocycles. The lowest BCUT2D eigenvalue weighted by atomic mass is 10.0. The minimum absolute atomic E-state index is 0.423. The van der Waals surface area contributed by atoms with Crippen LogP contribution in [0.15, 0.2) is 34.9 Å². The predicted octanol–water partition coefficient (Wildman–Crippen LogP) is 2.91. The maximum Gasteiger partial charge on any atom is 0.310 e. The maximum atomic E-state index is 10.8. The third-order valence-electron chi connectivity index (χ3n) is 2.65. The highest BCUT2D eigenvalue weighted by Gasteiger charge is 2.13. The number of hydrogen-bond acceptors (Lipinski definition) is 4. The second-order valence-corrected chi connectivity index (χ2v) is 4.10. The quantitative estimate of drug-likeness (QED) is 0.867. The first-order valence-electron chi connectivity index (χ1n) is 5.58. The number of carboxylic acids is 1. The zero-order valence-corrected chi connectivity index (χ0v) is 10.2. The molecule has 2 N–H and O–H groups in total. The molecule has 1 atom stereocenters. The van der Waals surface area contributed by atoms with Crippen LogP contribution in [0.4, 0.5) is 11.7 Å². The number of aromatic nitrogens is 1. The van der Waals surface area contributed by atoms with Gasteiger partial charge in [-0.25, -0.2) is 0 Å². The van der Waals surface area contributed by atoms with Crippen LogP contribution in [-0.4, -0.2) is 16.1 Å². The normalized spacial score (nSPS) is 12.1. The Bertz CT molecular complexity index is 546. The molecule has 1 aromatic heterocycles. The lowest BCUT2D eigenvalue weighted by Crippen LogP contribution is -2.07. The summed E-state index contributed by atoms with van der Waals surface area (Å²) in [5.41, 5.74) is 2.36. The maximum absolute atomic E-state index is 10.8. The summed E-state index contributed by atoms with van der Waals surface area (Å²) in [6.45, 7) is 3.49. The molecule has 94 valence electrons. The summed E-state index contributed by atoms with van der Waals surface area (Å²) in [4.78, 5) is 15.0. The summed E-state index contributed by atoms with van der Waals surface area (Å²) in [7, 11) is 0. The molecule has 2 rings (SSSR count). The van der Waals surface area contributed by atoms with Gasteiger partial charge in [0.2, 0.25) is 0 Å². The van der Waals surface area contributed by atoms with Crippen LogP contribution in [0, 0.1) is 6.92 Å². The number of oxazole rings is 1. The molecule has 0 spiro atoms. The van der Waals surface area contributed by atoms with Gasteiger partial charge in [-0.3, -0.25) is 4.79 Å². The van der Waals surface area contributed by atoms with Gasteiger partial charge in [-0.05, 0) is 31.5 Å². The van der Waals surface area contributed by atoms with Gasteiger partial charge in [0, 0.05) is 5.69 Å². The fourth-order valence-electron chi connectivity index (χ4n) is 1.53. The van der Waals surface area contributed by atoms with Crippen molar-refractivity contribution in [2.75, 3.05) is 5.32 Å². The molecule has 1 heterocycles. The second-order valence-electron chi connectivity index (χ2n) is 4.10. The smallest absolute Gasteiger partial charge is 0.310 e. The Labute approximate surface area is 104 Å². The summed E-state index contributed by atoms with van der Waals surface area (Å²) in [5.74, 6) is -1.35. The minimum atomic E-state index is -0.834. The van der Waals surface area contributed by atoms with Gasteiger partial charge in [0.15, 0.2) is 0 Å². The minimum Gasteiger partial charge on any atom is -0.481 e. The van der Waals surface area contributed by atoms with Crippen molar-refractivity contribution in [1.29, 1.82) is 0 Å². The van der Waals surface area contributed by atoms with Gasteiger partial charge in [-0.1, -0.05) is 12.1 Å². The molecule has 0 aliphatic carbocycles. The number of carboxylic acid groups (broad SMARTS) is 1. The van der Waals surface area contributed by atoms with Crippen molar-refractivity contribution in [3.63, 3.8) is 0 Å². The third kappa shape index (κ3) is 2.68. The third-order valence-corrected chi connectivity index (χ3v) is 2.65. The molecule has 0 radical (unpaired) electrons. The van der Waals surface area contributed by atoms with Crippen molar-refractivity contribution in [2.45, 2.75) is 19.8 Å². The Kier molecular flexibility index (Phi) is 3.32. The van der Waals surface area contributed by atoms with Crippen molar-refractivity contribution < 1.29 is 14.3 Å². The summed E-state index contributed by atoms with van der Waals surface area (Å²) < 4.78 is 5.17. The van der Waals surface area contributed by atoms with E-state index in [0.717, 1.165) is 16.9 Å². The molecule has 18 heavy (non-hydrogen) atoms. The number of anilines is 2. The van der Waals surface area contributed by atoms with Crippen molar-refractivity contribution in [1.82, 2.24) is 4.98 Å². The Balaban J connectivity index is 2.10. The van der Waals surface area contributed by atoms with Crippen LogP contribution < -0.4 is 5.32 Å². The van der Waals surface area contributed by atoms with Crippen molar-refractivity contribution in [3.05, 3.63) is 41.8 Å². The molecule has 0 aliphatic rings. The Hall–Kier alpha value is -2.30. The number of aryl methyl sites for hydroxylation is 1. The van der Waals surface area contributed by atoms with Crippen LogP contribution in [0.2, 0.25) is 0 Å². The Morgan fingerprint density at radius 1 is 1.39 bits per heavy atom. The van der Waals surface area contributed by atoms with Gasteiger partial charge >= 0.3 is 5.97 Å². The topological polar surface area (TPSA) is 75.4 Å². The van der Waals surface area contributed by atoms with Gasteiger partial charge in [0.1, 0.15) is 6.26 Å². The van der Waals surface area contributed by atoms with E-state index in [1.54, 1.807) is 37.5 Å². The van der Waals surface area contributed by atoms with Gasteiger partial charge in [0.05, 0.1) is 11.6 Å². The van der Waals surface area contributed by atoms with E-state index >= 15 is 0 Å². The highest BCUT2D eigenvalue weighted by atomic mass is 16.4. The van der Waals surface area contributed by atoms with Gasteiger partial charge < -0.3 is 14.8 Å². The standard InChI is InChI=1S/C13H14N2O3/c1-8-7-18-13(14-8)15-11-5-3-10(4-6-11)9(2)12(16)17/h3-7,9H,1-2H3,(H,14,15)(H,16,17)/t9-/m1/s1. The largest absolute Gasteiger partial charge is 0.481 e. The van der Waals surface area contributed by atoms with E-state index in [0.29, 0.717) is 6.01 Å². The van der Waals surface area contributed by atoms with E-state index in [9.17, 15) is 4.79 Å². The van der Waals surface area contributed by atoms with Crippen LogP contribution >= 0.6 is 0 Å². The number of hydrogen-bond donors (Lipinski definition) is 2. The SMILES string of the molecule is Cc1coc(Nc2ccc([C@@H](C)C(=O)O)cc2)n1. The number of nitrogens with one attached hydrogen (secondary N) is 1. The fraction of sp³-hybridized carbons (Fsp3) is 0.231. The van der Waals surface area contributed by atoms with Crippen molar-refractivity contribution in [2.24, 2.45) is 0 Å². The molecule has 0 unspecified atom stereocenters. The molecule has 5 heteroatoms. The summed E-state index contributed by atoms with van der Waals surface area (Å²) in [6, 6.07) is 7.57. The number of benzene rings is 1. The van der Waals surface area contributed by atoms with Crippen LogP contribution in [0.25, 0.3) is 0 Å². The van der Waals surface area contributed by atoms with Crippen molar-refractivity contribution >= 4 is 17.7 Å². The van der Waals surface area contributed by atoms with E-state index in [4.69, 9.17) is 9.52 Å². The van der Waals surface area contributed by atoms with E-state index in [1.165, 1.54) is 0 Å². The first kappa shape index (κ1) is 12.2. The Morgan fingerprint density at radius 3 is 2.56 bits per heavy atom. The van der Waals surface area contributed by atoms with Crippen LogP contribution in [0.5, 0.6) is 0 Å². The highest BCUT2D eigenvalue weighted by molar-refractivity contribution is 5.75. The summed E-state index contributed by atoms with van der Waals surface area (Å²) in [5, 5.41) is 11.9. The van der Waals surface area contributed by atoms with Crippen molar-refractivity contribution in [3.8, 4) is 0 Å².